The Hall–Kier alpha value is -1.81. The molecule has 0 spiro atoms. The lowest BCUT2D eigenvalue weighted by Crippen LogP contribution is -2.30. The Kier molecular flexibility index (Phi) is 5.11. The summed E-state index contributed by atoms with van der Waals surface area (Å²) < 4.78 is 0. The van der Waals surface area contributed by atoms with E-state index in [1.807, 2.05) is 18.2 Å². The number of aryl methyl sites for hydroxylation is 1. The molecule has 0 unspecified atom stereocenters. The Morgan fingerprint density at radius 3 is 2.73 bits per heavy atom. The van der Waals surface area contributed by atoms with E-state index in [0.29, 0.717) is 6.42 Å². The number of hydrogen-bond acceptors (Lipinski definition) is 3. The summed E-state index contributed by atoms with van der Waals surface area (Å²) in [4.78, 5) is 14.6. The van der Waals surface area contributed by atoms with Crippen LogP contribution in [0.25, 0.3) is 0 Å². The molecule has 116 valence electrons. The number of benzene rings is 1. The van der Waals surface area contributed by atoms with Crippen molar-refractivity contribution >= 4 is 28.6 Å². The number of carbonyl (C=O) groups excluding carboxylic acids is 1. The van der Waals surface area contributed by atoms with Crippen molar-refractivity contribution in [3.8, 4) is 0 Å². The minimum absolute atomic E-state index is 0.0932. The van der Waals surface area contributed by atoms with Crippen LogP contribution in [0.1, 0.15) is 31.2 Å². The molecule has 1 aromatic carbocycles. The number of nitrogens with zero attached hydrogens (tertiary/aromatic N) is 1. The molecule has 1 N–H and O–H groups in total. The molecule has 0 bridgehead atoms. The van der Waals surface area contributed by atoms with E-state index >= 15 is 0 Å². The molecule has 3 nitrogen and oxygen atoms in total. The SMILES string of the molecule is O=C(CCc1ccsc1)Nc1ccccc1N1CCCCC1. The van der Waals surface area contributed by atoms with Gasteiger partial charge in [0.25, 0.3) is 0 Å². The number of nitrogens with one attached hydrogen (secondary N) is 1. The fourth-order valence-electron chi connectivity index (χ4n) is 2.90. The van der Waals surface area contributed by atoms with Gasteiger partial charge in [-0.3, -0.25) is 4.79 Å². The summed E-state index contributed by atoms with van der Waals surface area (Å²) in [5, 5.41) is 7.25. The van der Waals surface area contributed by atoms with Crippen LogP contribution < -0.4 is 10.2 Å². The molecule has 0 aliphatic carbocycles. The smallest absolute Gasteiger partial charge is 0.224 e. The Balaban J connectivity index is 1.62. The molecule has 2 heterocycles. The lowest BCUT2D eigenvalue weighted by atomic mass is 10.1. The van der Waals surface area contributed by atoms with Gasteiger partial charge in [0.15, 0.2) is 0 Å². The van der Waals surface area contributed by atoms with E-state index in [2.05, 4.69) is 33.1 Å². The number of carbonyl (C=O) groups is 1. The lowest BCUT2D eigenvalue weighted by Gasteiger charge is -2.30. The highest BCUT2D eigenvalue weighted by Gasteiger charge is 2.15. The van der Waals surface area contributed by atoms with Crippen molar-refractivity contribution in [2.24, 2.45) is 0 Å². The zero-order valence-corrected chi connectivity index (χ0v) is 13.6. The van der Waals surface area contributed by atoms with Crippen molar-refractivity contribution in [2.45, 2.75) is 32.1 Å². The first kappa shape index (κ1) is 15.1. The van der Waals surface area contributed by atoms with E-state index in [-0.39, 0.29) is 5.91 Å². The monoisotopic (exact) mass is 314 g/mol. The summed E-state index contributed by atoms with van der Waals surface area (Å²) in [6.07, 6.45) is 5.12. The molecule has 0 atom stereocenters. The number of para-hydroxylation sites is 2. The second-order valence-corrected chi connectivity index (χ2v) is 6.52. The van der Waals surface area contributed by atoms with Crippen LogP contribution in [-0.2, 0) is 11.2 Å². The molecule has 2 aromatic rings. The number of piperidine rings is 1. The van der Waals surface area contributed by atoms with E-state index in [1.54, 1.807) is 11.3 Å². The van der Waals surface area contributed by atoms with Gasteiger partial charge in [-0.05, 0) is 60.2 Å². The highest BCUT2D eigenvalue weighted by Crippen LogP contribution is 2.28. The molecule has 3 rings (SSSR count). The highest BCUT2D eigenvalue weighted by atomic mass is 32.1. The van der Waals surface area contributed by atoms with Gasteiger partial charge in [0, 0.05) is 19.5 Å². The van der Waals surface area contributed by atoms with Gasteiger partial charge in [0.05, 0.1) is 11.4 Å². The number of amides is 1. The van der Waals surface area contributed by atoms with Crippen molar-refractivity contribution < 1.29 is 4.79 Å². The van der Waals surface area contributed by atoms with E-state index in [4.69, 9.17) is 0 Å². The number of hydrogen-bond donors (Lipinski definition) is 1. The molecule has 1 aromatic heterocycles. The molecule has 0 radical (unpaired) electrons. The Morgan fingerprint density at radius 1 is 1.14 bits per heavy atom. The molecule has 1 aliphatic rings. The Bertz CT molecular complexity index is 603. The highest BCUT2D eigenvalue weighted by molar-refractivity contribution is 7.07. The van der Waals surface area contributed by atoms with E-state index < -0.39 is 0 Å². The zero-order valence-electron chi connectivity index (χ0n) is 12.8. The average molecular weight is 314 g/mol. The third-order valence-corrected chi connectivity index (χ3v) is 4.83. The molecule has 1 fully saturated rings. The summed E-state index contributed by atoms with van der Waals surface area (Å²) in [5.74, 6) is 0.0932. The largest absolute Gasteiger partial charge is 0.370 e. The zero-order chi connectivity index (χ0) is 15.2. The van der Waals surface area contributed by atoms with E-state index in [1.165, 1.54) is 24.8 Å². The van der Waals surface area contributed by atoms with Gasteiger partial charge < -0.3 is 10.2 Å². The second kappa shape index (κ2) is 7.45. The van der Waals surface area contributed by atoms with Gasteiger partial charge in [0.2, 0.25) is 5.91 Å². The molecule has 4 heteroatoms. The fourth-order valence-corrected chi connectivity index (χ4v) is 3.60. The van der Waals surface area contributed by atoms with Gasteiger partial charge in [0.1, 0.15) is 0 Å². The normalized spacial score (nSPS) is 14.8. The van der Waals surface area contributed by atoms with Crippen LogP contribution in [0.15, 0.2) is 41.1 Å². The first-order chi connectivity index (χ1) is 10.8. The van der Waals surface area contributed by atoms with Crippen molar-refractivity contribution in [2.75, 3.05) is 23.3 Å². The maximum Gasteiger partial charge on any atom is 0.224 e. The topological polar surface area (TPSA) is 32.3 Å². The van der Waals surface area contributed by atoms with Gasteiger partial charge >= 0.3 is 0 Å². The number of thiophene rings is 1. The number of rotatable bonds is 5. The van der Waals surface area contributed by atoms with E-state index in [0.717, 1.165) is 30.9 Å². The summed E-state index contributed by atoms with van der Waals surface area (Å²) >= 11 is 1.68. The molecule has 1 saturated heterocycles. The summed E-state index contributed by atoms with van der Waals surface area (Å²) in [6, 6.07) is 10.2. The quantitative estimate of drug-likeness (QED) is 0.892. The number of anilines is 2. The summed E-state index contributed by atoms with van der Waals surface area (Å²) in [6.45, 7) is 2.17. The minimum Gasteiger partial charge on any atom is -0.370 e. The van der Waals surface area contributed by atoms with Crippen LogP contribution in [0, 0.1) is 0 Å². The minimum atomic E-state index is 0.0932. The standard InChI is InChI=1S/C18H22N2OS/c21-18(9-8-15-10-13-22-14-15)19-16-6-2-3-7-17(16)20-11-4-1-5-12-20/h2-3,6-7,10,13-14H,1,4-5,8-9,11-12H2,(H,19,21). The predicted molar refractivity (Wildman–Crippen MR) is 93.8 cm³/mol. The van der Waals surface area contributed by atoms with Crippen LogP contribution in [-0.4, -0.2) is 19.0 Å². The van der Waals surface area contributed by atoms with Crippen LogP contribution in [0.5, 0.6) is 0 Å². The van der Waals surface area contributed by atoms with Gasteiger partial charge in [-0.15, -0.1) is 0 Å². The molecular weight excluding hydrogens is 292 g/mol. The molecule has 22 heavy (non-hydrogen) atoms. The maximum atomic E-state index is 12.2. The Labute approximate surface area is 136 Å². The van der Waals surface area contributed by atoms with Crippen LogP contribution in [0.2, 0.25) is 0 Å². The molecule has 0 saturated carbocycles. The Morgan fingerprint density at radius 2 is 1.95 bits per heavy atom. The molecular formula is C18H22N2OS. The third-order valence-electron chi connectivity index (χ3n) is 4.10. The van der Waals surface area contributed by atoms with Crippen molar-refractivity contribution in [1.82, 2.24) is 0 Å². The maximum absolute atomic E-state index is 12.2. The lowest BCUT2D eigenvalue weighted by molar-refractivity contribution is -0.116. The van der Waals surface area contributed by atoms with E-state index in [9.17, 15) is 4.79 Å². The predicted octanol–water partition coefficient (Wildman–Crippen LogP) is 4.31. The average Bonchev–Trinajstić information content (AvgIpc) is 3.08. The van der Waals surface area contributed by atoms with Crippen LogP contribution in [0.4, 0.5) is 11.4 Å². The summed E-state index contributed by atoms with van der Waals surface area (Å²) in [7, 11) is 0. The first-order valence-corrected chi connectivity index (χ1v) is 8.92. The van der Waals surface area contributed by atoms with Gasteiger partial charge in [-0.25, -0.2) is 0 Å². The molecule has 1 amide bonds. The van der Waals surface area contributed by atoms with Crippen LogP contribution >= 0.6 is 11.3 Å². The first-order valence-electron chi connectivity index (χ1n) is 7.98. The third kappa shape index (κ3) is 3.89. The van der Waals surface area contributed by atoms with Crippen molar-refractivity contribution in [1.29, 1.82) is 0 Å². The van der Waals surface area contributed by atoms with Crippen molar-refractivity contribution in [3.63, 3.8) is 0 Å². The van der Waals surface area contributed by atoms with Gasteiger partial charge in [-0.2, -0.15) is 11.3 Å². The fraction of sp³-hybridized carbons (Fsp3) is 0.389. The summed E-state index contributed by atoms with van der Waals surface area (Å²) in [5.41, 5.74) is 3.34. The van der Waals surface area contributed by atoms with Gasteiger partial charge in [-0.1, -0.05) is 12.1 Å². The van der Waals surface area contributed by atoms with Crippen LogP contribution in [0.3, 0.4) is 0 Å². The second-order valence-electron chi connectivity index (χ2n) is 5.74. The van der Waals surface area contributed by atoms with Crippen molar-refractivity contribution in [3.05, 3.63) is 46.7 Å². The molecule has 1 aliphatic heterocycles.